The Bertz CT molecular complexity index is 613. The first-order valence-corrected chi connectivity index (χ1v) is 6.86. The van der Waals surface area contributed by atoms with Crippen molar-refractivity contribution in [1.29, 1.82) is 0 Å². The lowest BCUT2D eigenvalue weighted by Gasteiger charge is -2.25. The molecule has 0 aliphatic heterocycles. The second-order valence-corrected chi connectivity index (χ2v) is 5.16. The number of hydrazine groups is 1. The van der Waals surface area contributed by atoms with Crippen LogP contribution in [0, 0.1) is 0 Å². The second-order valence-electron chi connectivity index (χ2n) is 4.72. The zero-order valence-corrected chi connectivity index (χ0v) is 12.6. The number of aromatic nitrogens is 1. The molecule has 1 amide bonds. The molecule has 1 aromatic carbocycles. The maximum absolute atomic E-state index is 12.4. The van der Waals surface area contributed by atoms with Gasteiger partial charge in [0.05, 0.1) is 11.6 Å². The summed E-state index contributed by atoms with van der Waals surface area (Å²) in [6.07, 6.45) is 1.50. The highest BCUT2D eigenvalue weighted by molar-refractivity contribution is 6.30. The molecular formula is C15H17ClN4O. The molecule has 1 aromatic heterocycles. The average molecular weight is 305 g/mol. The average Bonchev–Trinajstić information content (AvgIpc) is 2.53. The predicted molar refractivity (Wildman–Crippen MR) is 84.0 cm³/mol. The molecule has 0 radical (unpaired) electrons. The van der Waals surface area contributed by atoms with Crippen molar-refractivity contribution in [2.75, 3.05) is 12.5 Å². The van der Waals surface area contributed by atoms with Crippen LogP contribution in [0.15, 0.2) is 42.6 Å². The Morgan fingerprint density at radius 2 is 1.95 bits per heavy atom. The monoisotopic (exact) mass is 304 g/mol. The van der Waals surface area contributed by atoms with Gasteiger partial charge in [0, 0.05) is 18.3 Å². The molecule has 6 heteroatoms. The minimum Gasteiger partial charge on any atom is -0.335 e. The van der Waals surface area contributed by atoms with E-state index in [4.69, 9.17) is 17.4 Å². The van der Waals surface area contributed by atoms with Crippen LogP contribution in [-0.4, -0.2) is 22.8 Å². The van der Waals surface area contributed by atoms with Gasteiger partial charge in [-0.05, 0) is 36.8 Å². The van der Waals surface area contributed by atoms with E-state index < -0.39 is 0 Å². The molecule has 0 spiro atoms. The lowest BCUT2D eigenvalue weighted by atomic mass is 10.1. The molecule has 0 fully saturated rings. The van der Waals surface area contributed by atoms with Crippen LogP contribution in [0.4, 0.5) is 5.82 Å². The van der Waals surface area contributed by atoms with Crippen LogP contribution in [-0.2, 0) is 0 Å². The fraction of sp³-hybridized carbons (Fsp3) is 0.200. The molecule has 1 atom stereocenters. The number of nitrogens with one attached hydrogen (secondary N) is 1. The Morgan fingerprint density at radius 1 is 1.29 bits per heavy atom. The van der Waals surface area contributed by atoms with E-state index in [1.54, 1.807) is 24.1 Å². The first kappa shape index (κ1) is 15.3. The number of pyridine rings is 1. The number of hydrogen-bond donors (Lipinski definition) is 2. The molecule has 2 rings (SSSR count). The number of carbonyl (C=O) groups excluding carboxylic acids is 1. The van der Waals surface area contributed by atoms with Crippen LogP contribution < -0.4 is 11.3 Å². The highest BCUT2D eigenvalue weighted by Crippen LogP contribution is 2.22. The van der Waals surface area contributed by atoms with E-state index in [-0.39, 0.29) is 11.9 Å². The van der Waals surface area contributed by atoms with Gasteiger partial charge in [-0.1, -0.05) is 23.7 Å². The maximum Gasteiger partial charge on any atom is 0.255 e. The molecule has 0 saturated heterocycles. The first-order valence-electron chi connectivity index (χ1n) is 6.48. The van der Waals surface area contributed by atoms with E-state index in [0.717, 1.165) is 5.56 Å². The molecule has 5 nitrogen and oxygen atoms in total. The molecule has 0 aliphatic rings. The van der Waals surface area contributed by atoms with Crippen molar-refractivity contribution in [1.82, 2.24) is 9.88 Å². The van der Waals surface area contributed by atoms with Crippen LogP contribution >= 0.6 is 11.6 Å². The molecule has 0 bridgehead atoms. The SMILES string of the molecule is CC(c1ccc(Cl)cc1)N(C)C(=O)c1ccc(NN)nc1. The highest BCUT2D eigenvalue weighted by Gasteiger charge is 2.19. The number of halogens is 1. The van der Waals surface area contributed by atoms with Crippen molar-refractivity contribution < 1.29 is 4.79 Å². The van der Waals surface area contributed by atoms with Crippen LogP contribution in [0.25, 0.3) is 0 Å². The number of nitrogen functional groups attached to an aromatic ring is 1. The number of anilines is 1. The van der Waals surface area contributed by atoms with E-state index in [9.17, 15) is 4.79 Å². The quantitative estimate of drug-likeness (QED) is 0.673. The minimum atomic E-state index is -0.103. The molecule has 0 saturated carbocycles. The molecule has 1 heterocycles. The molecule has 2 aromatic rings. The number of benzene rings is 1. The van der Waals surface area contributed by atoms with Crippen molar-refractivity contribution in [3.05, 3.63) is 58.7 Å². The van der Waals surface area contributed by atoms with Crippen LogP contribution in [0.3, 0.4) is 0 Å². The van der Waals surface area contributed by atoms with E-state index in [1.165, 1.54) is 6.20 Å². The largest absolute Gasteiger partial charge is 0.335 e. The van der Waals surface area contributed by atoms with Gasteiger partial charge in [-0.3, -0.25) is 4.79 Å². The van der Waals surface area contributed by atoms with Gasteiger partial charge in [0.2, 0.25) is 0 Å². The zero-order chi connectivity index (χ0) is 15.4. The molecule has 0 aliphatic carbocycles. The number of nitrogens with zero attached hydrogens (tertiary/aromatic N) is 2. The van der Waals surface area contributed by atoms with Crippen molar-refractivity contribution in [2.45, 2.75) is 13.0 Å². The van der Waals surface area contributed by atoms with Gasteiger partial charge in [-0.15, -0.1) is 0 Å². The molecular weight excluding hydrogens is 288 g/mol. The molecule has 3 N–H and O–H groups in total. The van der Waals surface area contributed by atoms with E-state index in [0.29, 0.717) is 16.4 Å². The van der Waals surface area contributed by atoms with Gasteiger partial charge < -0.3 is 10.3 Å². The van der Waals surface area contributed by atoms with Crippen LogP contribution in [0.2, 0.25) is 5.02 Å². The van der Waals surface area contributed by atoms with Crippen molar-refractivity contribution in [3.8, 4) is 0 Å². The first-order chi connectivity index (χ1) is 10.0. The summed E-state index contributed by atoms with van der Waals surface area (Å²) in [5, 5.41) is 0.675. The standard InChI is InChI=1S/C15H17ClN4O/c1-10(11-3-6-13(16)7-4-11)20(2)15(21)12-5-8-14(19-17)18-9-12/h3-10H,17H2,1-2H3,(H,18,19). The lowest BCUT2D eigenvalue weighted by molar-refractivity contribution is 0.0742. The van der Waals surface area contributed by atoms with Gasteiger partial charge in [0.15, 0.2) is 0 Å². The molecule has 1 unspecified atom stereocenters. The minimum absolute atomic E-state index is 0.0675. The summed E-state index contributed by atoms with van der Waals surface area (Å²) in [4.78, 5) is 18.1. The van der Waals surface area contributed by atoms with Crippen molar-refractivity contribution >= 4 is 23.3 Å². The lowest BCUT2D eigenvalue weighted by Crippen LogP contribution is -2.29. The number of rotatable bonds is 4. The molecule has 110 valence electrons. The third kappa shape index (κ3) is 3.51. The number of nitrogens with two attached hydrogens (primary N) is 1. The van der Waals surface area contributed by atoms with Gasteiger partial charge in [-0.2, -0.15) is 0 Å². The summed E-state index contributed by atoms with van der Waals surface area (Å²) < 4.78 is 0. The summed E-state index contributed by atoms with van der Waals surface area (Å²) in [7, 11) is 1.76. The fourth-order valence-electron chi connectivity index (χ4n) is 1.95. The maximum atomic E-state index is 12.4. The van der Waals surface area contributed by atoms with Crippen molar-refractivity contribution in [2.24, 2.45) is 5.84 Å². The predicted octanol–water partition coefficient (Wildman–Crippen LogP) is 2.85. The van der Waals surface area contributed by atoms with Crippen LogP contribution in [0.5, 0.6) is 0 Å². The summed E-state index contributed by atoms with van der Waals surface area (Å²) in [5.41, 5.74) is 3.96. The second kappa shape index (κ2) is 6.56. The van der Waals surface area contributed by atoms with Crippen LogP contribution in [0.1, 0.15) is 28.9 Å². The summed E-state index contributed by atoms with van der Waals surface area (Å²) in [6, 6.07) is 10.7. The highest BCUT2D eigenvalue weighted by atomic mass is 35.5. The summed E-state index contributed by atoms with van der Waals surface area (Å²) in [6.45, 7) is 1.96. The Hall–Kier alpha value is -2.11. The summed E-state index contributed by atoms with van der Waals surface area (Å²) >= 11 is 5.88. The van der Waals surface area contributed by atoms with Gasteiger partial charge in [0.25, 0.3) is 5.91 Å². The molecule has 21 heavy (non-hydrogen) atoms. The van der Waals surface area contributed by atoms with Gasteiger partial charge in [-0.25, -0.2) is 10.8 Å². The third-order valence-corrected chi connectivity index (χ3v) is 3.66. The van der Waals surface area contributed by atoms with E-state index in [2.05, 4.69) is 10.4 Å². The van der Waals surface area contributed by atoms with Gasteiger partial charge in [0.1, 0.15) is 5.82 Å². The van der Waals surface area contributed by atoms with E-state index in [1.807, 2.05) is 31.2 Å². The number of amides is 1. The van der Waals surface area contributed by atoms with Crippen molar-refractivity contribution in [3.63, 3.8) is 0 Å². The number of hydrogen-bond acceptors (Lipinski definition) is 4. The fourth-order valence-corrected chi connectivity index (χ4v) is 2.08. The Kier molecular flexibility index (Phi) is 4.77. The topological polar surface area (TPSA) is 71.2 Å². The zero-order valence-electron chi connectivity index (χ0n) is 11.9. The third-order valence-electron chi connectivity index (χ3n) is 3.41. The smallest absolute Gasteiger partial charge is 0.255 e. The summed E-state index contributed by atoms with van der Waals surface area (Å²) in [5.74, 6) is 5.66. The van der Waals surface area contributed by atoms with E-state index >= 15 is 0 Å². The number of carbonyl (C=O) groups is 1. The Labute approximate surface area is 128 Å². The van der Waals surface area contributed by atoms with Gasteiger partial charge >= 0.3 is 0 Å². The normalized spacial score (nSPS) is 11.8. The Morgan fingerprint density at radius 3 is 2.48 bits per heavy atom. The Balaban J connectivity index is 2.15.